The van der Waals surface area contributed by atoms with Gasteiger partial charge in [0.1, 0.15) is 0 Å². The fourth-order valence-corrected chi connectivity index (χ4v) is 3.91. The molecule has 1 heterocycles. The highest BCUT2D eigenvalue weighted by Gasteiger charge is 2.23. The molecule has 9 nitrogen and oxygen atoms in total. The van der Waals surface area contributed by atoms with Crippen molar-refractivity contribution in [3.8, 4) is 0 Å². The second kappa shape index (κ2) is 8.78. The van der Waals surface area contributed by atoms with Gasteiger partial charge in [0.2, 0.25) is 10.0 Å². The first-order valence-electron chi connectivity index (χ1n) is 9.45. The number of carbonyl (C=O) groups is 2. The quantitative estimate of drug-likeness (QED) is 0.581. The molecule has 0 aliphatic carbocycles. The molecule has 2 aromatic carbocycles. The lowest BCUT2D eigenvalue weighted by molar-refractivity contribution is -0.121. The zero-order valence-corrected chi connectivity index (χ0v) is 18.4. The summed E-state index contributed by atoms with van der Waals surface area (Å²) in [5.41, 5.74) is 8.51. The first-order valence-corrected chi connectivity index (χ1v) is 10.9. The monoisotopic (exact) mass is 441 g/mol. The maximum atomic E-state index is 12.6. The molecule has 0 bridgehead atoms. The highest BCUT2D eigenvalue weighted by molar-refractivity contribution is 7.89. The minimum absolute atomic E-state index is 0.0836. The molecule has 2 N–H and O–H groups in total. The molecule has 0 atom stereocenters. The highest BCUT2D eigenvalue weighted by Crippen LogP contribution is 2.15. The van der Waals surface area contributed by atoms with Crippen molar-refractivity contribution in [2.45, 2.75) is 25.7 Å². The number of aryl methyl sites for hydroxylation is 3. The van der Waals surface area contributed by atoms with Crippen LogP contribution in [0.15, 0.2) is 47.4 Å². The van der Waals surface area contributed by atoms with Crippen molar-refractivity contribution < 1.29 is 18.0 Å². The van der Waals surface area contributed by atoms with Gasteiger partial charge in [0, 0.05) is 12.6 Å². The van der Waals surface area contributed by atoms with Crippen LogP contribution >= 0.6 is 0 Å². The number of nitrogens with zero attached hydrogens (tertiary/aromatic N) is 3. The van der Waals surface area contributed by atoms with E-state index in [0.717, 1.165) is 21.3 Å². The summed E-state index contributed by atoms with van der Waals surface area (Å²) in [6.07, 6.45) is 0. The smallest absolute Gasteiger partial charge is 0.269 e. The van der Waals surface area contributed by atoms with Crippen molar-refractivity contribution in [2.75, 3.05) is 13.6 Å². The van der Waals surface area contributed by atoms with E-state index in [1.165, 1.54) is 19.2 Å². The topological polar surface area (TPSA) is 121 Å². The Bertz CT molecular complexity index is 1260. The van der Waals surface area contributed by atoms with Crippen molar-refractivity contribution in [1.29, 1.82) is 0 Å². The first-order chi connectivity index (χ1) is 14.6. The third-order valence-electron chi connectivity index (χ3n) is 4.75. The Morgan fingerprint density at radius 1 is 0.903 bits per heavy atom. The number of amides is 2. The van der Waals surface area contributed by atoms with E-state index in [1.54, 1.807) is 30.3 Å². The van der Waals surface area contributed by atoms with Crippen LogP contribution in [0.1, 0.15) is 27.3 Å². The van der Waals surface area contributed by atoms with Crippen LogP contribution in [-0.2, 0) is 14.8 Å². The summed E-state index contributed by atoms with van der Waals surface area (Å²) in [6, 6.07) is 11.1. The van der Waals surface area contributed by atoms with Gasteiger partial charge in [0.15, 0.2) is 0 Å². The maximum Gasteiger partial charge on any atom is 0.269 e. The predicted octanol–water partition coefficient (Wildman–Crippen LogP) is 1.64. The van der Waals surface area contributed by atoms with Crippen LogP contribution < -0.4 is 10.9 Å². The Labute approximate surface area is 180 Å². The van der Waals surface area contributed by atoms with E-state index in [0.29, 0.717) is 11.0 Å². The van der Waals surface area contributed by atoms with Gasteiger partial charge < -0.3 is 0 Å². The van der Waals surface area contributed by atoms with Crippen molar-refractivity contribution >= 4 is 32.9 Å². The van der Waals surface area contributed by atoms with Crippen LogP contribution in [0.3, 0.4) is 0 Å². The van der Waals surface area contributed by atoms with E-state index < -0.39 is 28.4 Å². The van der Waals surface area contributed by atoms with E-state index in [4.69, 9.17) is 0 Å². The molecule has 0 saturated carbocycles. The molecule has 0 spiro atoms. The number of rotatable bonds is 5. The highest BCUT2D eigenvalue weighted by atomic mass is 32.2. The maximum absolute atomic E-state index is 12.6. The fraction of sp³-hybridized carbons (Fsp3) is 0.238. The number of sulfonamides is 1. The molecule has 0 saturated heterocycles. The van der Waals surface area contributed by atoms with Gasteiger partial charge in [-0.2, -0.15) is 4.31 Å². The van der Waals surface area contributed by atoms with E-state index in [-0.39, 0.29) is 10.5 Å². The van der Waals surface area contributed by atoms with Gasteiger partial charge in [0.25, 0.3) is 11.8 Å². The van der Waals surface area contributed by atoms with Gasteiger partial charge >= 0.3 is 0 Å². The van der Waals surface area contributed by atoms with Crippen LogP contribution in [0, 0.1) is 20.8 Å². The molecule has 0 fully saturated rings. The number of likely N-dealkylation sites (N-methyl/N-ethyl adjacent to an activating group) is 1. The zero-order chi connectivity index (χ0) is 22.8. The third-order valence-corrected chi connectivity index (χ3v) is 6.57. The van der Waals surface area contributed by atoms with Crippen molar-refractivity contribution in [3.05, 3.63) is 65.0 Å². The van der Waals surface area contributed by atoms with Crippen LogP contribution in [-0.4, -0.2) is 48.1 Å². The molecule has 0 radical (unpaired) electrons. The minimum atomic E-state index is -3.83. The largest absolute Gasteiger partial charge is 0.272 e. The molecule has 3 rings (SSSR count). The van der Waals surface area contributed by atoms with E-state index in [9.17, 15) is 18.0 Å². The number of aromatic nitrogens is 2. The lowest BCUT2D eigenvalue weighted by atomic mass is 10.1. The number of carbonyl (C=O) groups excluding carboxylic acids is 2. The van der Waals surface area contributed by atoms with Gasteiger partial charge in [-0.15, -0.1) is 0 Å². The third kappa shape index (κ3) is 5.04. The molecule has 3 aromatic rings. The number of fused-ring (bicyclic) bond motifs is 1. The predicted molar refractivity (Wildman–Crippen MR) is 116 cm³/mol. The summed E-state index contributed by atoms with van der Waals surface area (Å²) in [6.45, 7) is 5.07. The molecule has 1 aromatic heterocycles. The summed E-state index contributed by atoms with van der Waals surface area (Å²) in [7, 11) is -2.53. The first kappa shape index (κ1) is 22.3. The van der Waals surface area contributed by atoms with E-state index >= 15 is 0 Å². The second-order valence-corrected chi connectivity index (χ2v) is 9.22. The normalized spacial score (nSPS) is 11.5. The van der Waals surface area contributed by atoms with Gasteiger partial charge in [-0.05, 0) is 51.1 Å². The van der Waals surface area contributed by atoms with Gasteiger partial charge in [-0.25, -0.2) is 18.4 Å². The Morgan fingerprint density at radius 2 is 1.52 bits per heavy atom. The van der Waals surface area contributed by atoms with Gasteiger partial charge in [-0.1, -0.05) is 17.7 Å². The van der Waals surface area contributed by atoms with Crippen LogP contribution in [0.2, 0.25) is 0 Å². The zero-order valence-electron chi connectivity index (χ0n) is 17.6. The molecule has 31 heavy (non-hydrogen) atoms. The Kier molecular flexibility index (Phi) is 6.32. The molecule has 10 heteroatoms. The number of hydrogen-bond donors (Lipinski definition) is 2. The standard InChI is InChI=1S/C21H23N5O4S/c1-13-5-8-17(9-6-13)31(29,30)26(4)12-20(27)24-25-21(28)16-7-10-18-19(11-16)23-15(3)14(2)22-18/h5-11H,12H2,1-4H3,(H,24,27)(H,25,28). The second-order valence-electron chi connectivity index (χ2n) is 7.17. The summed E-state index contributed by atoms with van der Waals surface area (Å²) in [5, 5.41) is 0. The molecule has 0 unspecified atom stereocenters. The number of hydrogen-bond acceptors (Lipinski definition) is 6. The minimum Gasteiger partial charge on any atom is -0.272 e. The lowest BCUT2D eigenvalue weighted by Gasteiger charge is -2.17. The summed E-state index contributed by atoms with van der Waals surface area (Å²) >= 11 is 0. The van der Waals surface area contributed by atoms with Gasteiger partial charge in [0.05, 0.1) is 33.9 Å². The Morgan fingerprint density at radius 3 is 2.16 bits per heavy atom. The fourth-order valence-electron chi connectivity index (χ4n) is 2.79. The van der Waals surface area contributed by atoms with Crippen molar-refractivity contribution in [2.24, 2.45) is 0 Å². The van der Waals surface area contributed by atoms with Crippen LogP contribution in [0.4, 0.5) is 0 Å². The average Bonchev–Trinajstić information content (AvgIpc) is 2.72. The molecule has 2 amide bonds. The van der Waals surface area contributed by atoms with Crippen LogP contribution in [0.5, 0.6) is 0 Å². The summed E-state index contributed by atoms with van der Waals surface area (Å²) < 4.78 is 26.0. The summed E-state index contributed by atoms with van der Waals surface area (Å²) in [4.78, 5) is 33.4. The van der Waals surface area contributed by atoms with Crippen molar-refractivity contribution in [1.82, 2.24) is 25.1 Å². The number of benzene rings is 2. The molecular formula is C21H23N5O4S. The van der Waals surface area contributed by atoms with Gasteiger partial charge in [-0.3, -0.25) is 20.4 Å². The molecular weight excluding hydrogens is 418 g/mol. The molecule has 162 valence electrons. The molecule has 0 aliphatic heterocycles. The van der Waals surface area contributed by atoms with E-state index in [2.05, 4.69) is 20.8 Å². The Balaban J connectivity index is 1.62. The Hall–Kier alpha value is -3.37. The average molecular weight is 442 g/mol. The van der Waals surface area contributed by atoms with E-state index in [1.807, 2.05) is 20.8 Å². The SMILES string of the molecule is Cc1ccc(S(=O)(=O)N(C)CC(=O)NNC(=O)c2ccc3nc(C)c(C)nc3c2)cc1. The van der Waals surface area contributed by atoms with Crippen molar-refractivity contribution in [3.63, 3.8) is 0 Å². The number of hydrazine groups is 1. The van der Waals surface area contributed by atoms with Crippen LogP contribution in [0.25, 0.3) is 11.0 Å². The lowest BCUT2D eigenvalue weighted by Crippen LogP contribution is -2.46. The number of nitrogens with one attached hydrogen (secondary N) is 2. The molecule has 0 aliphatic rings. The summed E-state index contributed by atoms with van der Waals surface area (Å²) in [5.74, 6) is -1.24.